The Labute approximate surface area is 120 Å². The molecule has 0 saturated heterocycles. The van der Waals surface area contributed by atoms with Crippen LogP contribution >= 0.6 is 11.3 Å². The molecule has 0 saturated carbocycles. The van der Waals surface area contributed by atoms with Crippen LogP contribution < -0.4 is 5.32 Å². The molecule has 0 aliphatic carbocycles. The largest absolute Gasteiger partial charge is 0.394 e. The van der Waals surface area contributed by atoms with E-state index in [9.17, 15) is 9.18 Å². The van der Waals surface area contributed by atoms with E-state index in [1.165, 1.54) is 23.5 Å². The summed E-state index contributed by atoms with van der Waals surface area (Å²) < 4.78 is 12.8. The van der Waals surface area contributed by atoms with Crippen molar-refractivity contribution in [2.45, 2.75) is 19.4 Å². The van der Waals surface area contributed by atoms with Crippen molar-refractivity contribution in [1.29, 1.82) is 0 Å². The third-order valence-electron chi connectivity index (χ3n) is 2.70. The molecule has 1 atom stereocenters. The molecule has 1 amide bonds. The number of hydrogen-bond donors (Lipinski definition) is 2. The van der Waals surface area contributed by atoms with Crippen molar-refractivity contribution < 1.29 is 14.3 Å². The lowest BCUT2D eigenvalue weighted by Gasteiger charge is -2.08. The minimum atomic E-state index is -0.301. The molecule has 106 valence electrons. The predicted octanol–water partition coefficient (Wildman–Crippen LogP) is 1.98. The summed E-state index contributed by atoms with van der Waals surface area (Å²) in [7, 11) is 0. The first-order valence-electron chi connectivity index (χ1n) is 6.19. The highest BCUT2D eigenvalue weighted by atomic mass is 32.1. The monoisotopic (exact) mass is 294 g/mol. The topological polar surface area (TPSA) is 62.2 Å². The highest BCUT2D eigenvalue weighted by Crippen LogP contribution is 2.15. The number of aromatic nitrogens is 1. The average Bonchev–Trinajstić information content (AvgIpc) is 2.90. The Morgan fingerprint density at radius 3 is 2.80 bits per heavy atom. The van der Waals surface area contributed by atoms with Crippen molar-refractivity contribution in [1.82, 2.24) is 10.3 Å². The van der Waals surface area contributed by atoms with Gasteiger partial charge in [0.05, 0.1) is 11.6 Å². The van der Waals surface area contributed by atoms with Crippen molar-refractivity contribution in [2.75, 3.05) is 6.61 Å². The summed E-state index contributed by atoms with van der Waals surface area (Å²) >= 11 is 1.38. The maximum absolute atomic E-state index is 12.8. The summed E-state index contributed by atoms with van der Waals surface area (Å²) in [5.41, 5.74) is 1.28. The van der Waals surface area contributed by atoms with Crippen LogP contribution in [0.1, 0.15) is 28.0 Å². The van der Waals surface area contributed by atoms with E-state index in [1.54, 1.807) is 24.4 Å². The van der Waals surface area contributed by atoms with Crippen LogP contribution in [0.15, 0.2) is 29.6 Å². The van der Waals surface area contributed by atoms with Crippen LogP contribution in [-0.2, 0) is 6.42 Å². The van der Waals surface area contributed by atoms with Gasteiger partial charge in [0.1, 0.15) is 11.5 Å². The number of nitrogens with one attached hydrogen (secondary N) is 1. The van der Waals surface area contributed by atoms with Crippen molar-refractivity contribution in [3.63, 3.8) is 0 Å². The summed E-state index contributed by atoms with van der Waals surface area (Å²) in [6.07, 6.45) is 0.563. The third-order valence-corrected chi connectivity index (χ3v) is 3.55. The Bertz CT molecular complexity index is 583. The van der Waals surface area contributed by atoms with E-state index >= 15 is 0 Å². The molecule has 0 bridgehead atoms. The van der Waals surface area contributed by atoms with Gasteiger partial charge in [0.2, 0.25) is 0 Å². The molecule has 2 N–H and O–H groups in total. The molecule has 0 spiro atoms. The van der Waals surface area contributed by atoms with E-state index < -0.39 is 0 Å². The standard InChI is InChI=1S/C14H15FN2O2S/c1-9(7-18)16-14(19)12-8-20-13(17-12)6-10-2-4-11(15)5-3-10/h2-5,8-9,18H,6-7H2,1H3,(H,16,19). The molecule has 4 nitrogen and oxygen atoms in total. The van der Waals surface area contributed by atoms with Gasteiger partial charge >= 0.3 is 0 Å². The van der Waals surface area contributed by atoms with Crippen LogP contribution in [0.25, 0.3) is 0 Å². The second kappa shape index (κ2) is 6.58. The van der Waals surface area contributed by atoms with E-state index in [2.05, 4.69) is 10.3 Å². The Morgan fingerprint density at radius 1 is 1.45 bits per heavy atom. The molecule has 0 radical (unpaired) electrons. The van der Waals surface area contributed by atoms with Gasteiger partial charge in [-0.05, 0) is 24.6 Å². The molecule has 2 aromatic rings. The van der Waals surface area contributed by atoms with Crippen molar-refractivity contribution in [2.24, 2.45) is 0 Å². The zero-order valence-corrected chi connectivity index (χ0v) is 11.8. The van der Waals surface area contributed by atoms with E-state index in [1.807, 2.05) is 0 Å². The summed E-state index contributed by atoms with van der Waals surface area (Å²) in [4.78, 5) is 16.0. The zero-order valence-electron chi connectivity index (χ0n) is 11.0. The molecule has 20 heavy (non-hydrogen) atoms. The van der Waals surface area contributed by atoms with Gasteiger partial charge in [-0.3, -0.25) is 4.79 Å². The predicted molar refractivity (Wildman–Crippen MR) is 75.3 cm³/mol. The fourth-order valence-corrected chi connectivity index (χ4v) is 2.43. The number of halogens is 1. The molecular weight excluding hydrogens is 279 g/mol. The van der Waals surface area contributed by atoms with Crippen molar-refractivity contribution in [3.8, 4) is 0 Å². The number of nitrogens with zero attached hydrogens (tertiary/aromatic N) is 1. The molecule has 1 aromatic heterocycles. The maximum Gasteiger partial charge on any atom is 0.271 e. The van der Waals surface area contributed by atoms with Crippen LogP contribution in [0.3, 0.4) is 0 Å². The molecule has 1 aromatic carbocycles. The number of benzene rings is 1. The van der Waals surface area contributed by atoms with Crippen molar-refractivity contribution in [3.05, 3.63) is 51.7 Å². The smallest absolute Gasteiger partial charge is 0.271 e. The summed E-state index contributed by atoms with van der Waals surface area (Å²) in [5, 5.41) is 14.0. The number of carbonyl (C=O) groups excluding carboxylic acids is 1. The summed E-state index contributed by atoms with van der Waals surface area (Å²) in [5.74, 6) is -0.570. The first kappa shape index (κ1) is 14.6. The number of hydrogen-bond acceptors (Lipinski definition) is 4. The first-order valence-corrected chi connectivity index (χ1v) is 7.07. The van der Waals surface area contributed by atoms with Gasteiger partial charge in [-0.1, -0.05) is 12.1 Å². The second-order valence-electron chi connectivity index (χ2n) is 4.49. The van der Waals surface area contributed by atoms with Crippen molar-refractivity contribution >= 4 is 17.2 Å². The SMILES string of the molecule is CC(CO)NC(=O)c1csc(Cc2ccc(F)cc2)n1. The zero-order chi connectivity index (χ0) is 14.5. The summed E-state index contributed by atoms with van der Waals surface area (Å²) in [6, 6.07) is 5.90. The van der Waals surface area contributed by atoms with Crippen LogP contribution in [0, 0.1) is 5.82 Å². The normalized spacial score (nSPS) is 12.2. The highest BCUT2D eigenvalue weighted by Gasteiger charge is 2.13. The quantitative estimate of drug-likeness (QED) is 0.886. The van der Waals surface area contributed by atoms with Gasteiger partial charge in [-0.25, -0.2) is 9.37 Å². The lowest BCUT2D eigenvalue weighted by atomic mass is 10.1. The second-order valence-corrected chi connectivity index (χ2v) is 5.43. The number of amides is 1. The first-order chi connectivity index (χ1) is 9.58. The lowest BCUT2D eigenvalue weighted by Crippen LogP contribution is -2.35. The van der Waals surface area contributed by atoms with E-state index in [-0.39, 0.29) is 24.4 Å². The van der Waals surface area contributed by atoms with Crippen LogP contribution in [0.5, 0.6) is 0 Å². The number of carbonyl (C=O) groups is 1. The molecule has 6 heteroatoms. The van der Waals surface area contributed by atoms with Gasteiger partial charge in [-0.15, -0.1) is 11.3 Å². The Kier molecular flexibility index (Phi) is 4.81. The van der Waals surface area contributed by atoms with Crippen LogP contribution in [0.4, 0.5) is 4.39 Å². The Morgan fingerprint density at radius 2 is 2.15 bits per heavy atom. The highest BCUT2D eigenvalue weighted by molar-refractivity contribution is 7.09. The average molecular weight is 294 g/mol. The number of rotatable bonds is 5. The van der Waals surface area contributed by atoms with Gasteiger partial charge in [0.25, 0.3) is 5.91 Å². The fourth-order valence-electron chi connectivity index (χ4n) is 1.62. The maximum atomic E-state index is 12.8. The minimum absolute atomic E-state index is 0.113. The Hall–Kier alpha value is -1.79. The van der Waals surface area contributed by atoms with E-state index in [4.69, 9.17) is 5.11 Å². The summed E-state index contributed by atoms with van der Waals surface area (Å²) in [6.45, 7) is 1.60. The molecule has 1 unspecified atom stereocenters. The van der Waals surface area contributed by atoms with Gasteiger partial charge in [0, 0.05) is 17.8 Å². The van der Waals surface area contributed by atoms with Crippen LogP contribution in [0.2, 0.25) is 0 Å². The molecule has 0 fully saturated rings. The molecule has 0 aliphatic rings. The number of aliphatic hydroxyl groups excluding tert-OH is 1. The molecule has 2 rings (SSSR count). The van der Waals surface area contributed by atoms with Gasteiger partial charge in [0.15, 0.2) is 0 Å². The fraction of sp³-hybridized carbons (Fsp3) is 0.286. The minimum Gasteiger partial charge on any atom is -0.394 e. The third kappa shape index (κ3) is 3.85. The van der Waals surface area contributed by atoms with E-state index in [0.717, 1.165) is 10.6 Å². The number of aliphatic hydroxyl groups is 1. The van der Waals surface area contributed by atoms with E-state index in [0.29, 0.717) is 12.1 Å². The number of thiazole rings is 1. The van der Waals surface area contributed by atoms with Gasteiger partial charge in [-0.2, -0.15) is 0 Å². The molecule has 1 heterocycles. The van der Waals surface area contributed by atoms with Gasteiger partial charge < -0.3 is 10.4 Å². The Balaban J connectivity index is 2.01. The lowest BCUT2D eigenvalue weighted by molar-refractivity contribution is 0.0918. The van der Waals surface area contributed by atoms with Crippen LogP contribution in [-0.4, -0.2) is 28.6 Å². The molecule has 0 aliphatic heterocycles. The molecular formula is C14H15FN2O2S.